The van der Waals surface area contributed by atoms with Crippen molar-refractivity contribution >= 4 is 29.5 Å². The summed E-state index contributed by atoms with van der Waals surface area (Å²) in [7, 11) is 2.05. The van der Waals surface area contributed by atoms with E-state index in [0.717, 1.165) is 25.1 Å². The highest BCUT2D eigenvalue weighted by atomic mass is 32.2. The molecule has 1 aromatic carbocycles. The highest BCUT2D eigenvalue weighted by Crippen LogP contribution is 2.48. The Morgan fingerprint density at radius 1 is 1.20 bits per heavy atom. The first-order chi connectivity index (χ1) is 14.4. The molecule has 3 amide bonds. The predicted octanol–water partition coefficient (Wildman–Crippen LogP) is 1.56. The summed E-state index contributed by atoms with van der Waals surface area (Å²) in [5.74, 6) is 0.249. The molecule has 3 aliphatic rings. The van der Waals surface area contributed by atoms with E-state index < -0.39 is 12.1 Å². The summed E-state index contributed by atoms with van der Waals surface area (Å²) >= 11 is 1.62. The van der Waals surface area contributed by atoms with Gasteiger partial charge in [-0.05, 0) is 24.6 Å². The number of carbonyl (C=O) groups is 3. The van der Waals surface area contributed by atoms with Crippen LogP contribution >= 0.6 is 11.8 Å². The maximum Gasteiger partial charge on any atom is 0.256 e. The van der Waals surface area contributed by atoms with Crippen molar-refractivity contribution in [3.05, 3.63) is 35.4 Å². The lowest BCUT2D eigenvalue weighted by Crippen LogP contribution is -2.58. The van der Waals surface area contributed by atoms with E-state index in [1.165, 1.54) is 0 Å². The molecule has 0 saturated carbocycles. The van der Waals surface area contributed by atoms with Gasteiger partial charge in [0.25, 0.3) is 5.91 Å². The zero-order chi connectivity index (χ0) is 21.4. The molecule has 0 aliphatic carbocycles. The van der Waals surface area contributed by atoms with Crippen LogP contribution in [0.3, 0.4) is 0 Å². The Balaban J connectivity index is 1.48. The number of nitrogens with zero attached hydrogens (tertiary/aromatic N) is 3. The van der Waals surface area contributed by atoms with Gasteiger partial charge in [0.2, 0.25) is 11.8 Å². The minimum absolute atomic E-state index is 0.0102. The molecular weight excluding hydrogens is 400 g/mol. The summed E-state index contributed by atoms with van der Waals surface area (Å²) in [6.07, 6.45) is 0.792. The van der Waals surface area contributed by atoms with Crippen LogP contribution in [-0.2, 0) is 9.59 Å². The third-order valence-corrected chi connectivity index (χ3v) is 7.89. The monoisotopic (exact) mass is 430 g/mol. The third kappa shape index (κ3) is 3.71. The van der Waals surface area contributed by atoms with Crippen molar-refractivity contribution in [2.24, 2.45) is 5.92 Å². The fourth-order valence-electron chi connectivity index (χ4n) is 4.40. The van der Waals surface area contributed by atoms with Gasteiger partial charge in [0.1, 0.15) is 17.5 Å². The van der Waals surface area contributed by atoms with Crippen molar-refractivity contribution < 1.29 is 14.4 Å². The van der Waals surface area contributed by atoms with E-state index in [2.05, 4.69) is 17.3 Å². The van der Waals surface area contributed by atoms with E-state index >= 15 is 0 Å². The first-order valence-corrected chi connectivity index (χ1v) is 11.8. The van der Waals surface area contributed by atoms with Crippen LogP contribution in [0.1, 0.15) is 41.6 Å². The van der Waals surface area contributed by atoms with Gasteiger partial charge in [-0.2, -0.15) is 0 Å². The number of hydrogen-bond donors (Lipinski definition) is 1. The predicted molar refractivity (Wildman–Crippen MR) is 117 cm³/mol. The van der Waals surface area contributed by atoms with Crippen molar-refractivity contribution in [3.8, 4) is 0 Å². The van der Waals surface area contributed by atoms with E-state index in [-0.39, 0.29) is 29.0 Å². The van der Waals surface area contributed by atoms with Crippen molar-refractivity contribution in [3.63, 3.8) is 0 Å². The molecule has 7 nitrogen and oxygen atoms in total. The fraction of sp³-hybridized carbons (Fsp3) is 0.591. The average molecular weight is 431 g/mol. The number of carbonyl (C=O) groups excluding carboxylic acids is 3. The van der Waals surface area contributed by atoms with Gasteiger partial charge in [-0.1, -0.05) is 38.5 Å². The summed E-state index contributed by atoms with van der Waals surface area (Å²) in [5, 5.41) is 2.92. The quantitative estimate of drug-likeness (QED) is 0.768. The molecule has 1 aromatic rings. The van der Waals surface area contributed by atoms with Crippen LogP contribution in [0.4, 0.5) is 0 Å². The standard InChI is InChI=1S/C22H30N4O3S/c1-4-14(2)18(21(29)25-11-9-24(3)10-12-25)23-19(27)17-13-30-22-16-8-6-5-7-15(16)20(28)26(17)22/h5-8,14,17-18,22H,4,9-13H2,1-3H3,(H,23,27)/t14?,17-,18-,22?/m0/s1. The lowest BCUT2D eigenvalue weighted by Gasteiger charge is -2.36. The molecule has 2 saturated heterocycles. The van der Waals surface area contributed by atoms with Crippen LogP contribution in [0.15, 0.2) is 24.3 Å². The van der Waals surface area contributed by atoms with Crippen molar-refractivity contribution in [1.82, 2.24) is 20.0 Å². The molecule has 162 valence electrons. The van der Waals surface area contributed by atoms with E-state index in [4.69, 9.17) is 0 Å². The Kier molecular flexibility index (Phi) is 6.06. The highest BCUT2D eigenvalue weighted by Gasteiger charge is 2.49. The second kappa shape index (κ2) is 8.59. The van der Waals surface area contributed by atoms with Gasteiger partial charge >= 0.3 is 0 Å². The van der Waals surface area contributed by atoms with Crippen molar-refractivity contribution in [1.29, 1.82) is 0 Å². The van der Waals surface area contributed by atoms with Gasteiger partial charge in [-0.25, -0.2) is 0 Å². The van der Waals surface area contributed by atoms with E-state index in [1.807, 2.05) is 43.0 Å². The van der Waals surface area contributed by atoms with E-state index in [1.54, 1.807) is 16.7 Å². The number of fused-ring (bicyclic) bond motifs is 3. The first-order valence-electron chi connectivity index (χ1n) is 10.7. The van der Waals surface area contributed by atoms with Crippen molar-refractivity contribution in [2.45, 2.75) is 37.7 Å². The molecule has 2 unspecified atom stereocenters. The van der Waals surface area contributed by atoms with Crippen LogP contribution in [0.5, 0.6) is 0 Å². The average Bonchev–Trinajstić information content (AvgIpc) is 3.32. The molecule has 3 aliphatic heterocycles. The molecule has 4 rings (SSSR count). The molecule has 0 aromatic heterocycles. The number of nitrogens with one attached hydrogen (secondary N) is 1. The molecular formula is C22H30N4O3S. The summed E-state index contributed by atoms with van der Waals surface area (Å²) in [5.41, 5.74) is 1.66. The maximum atomic E-state index is 13.3. The largest absolute Gasteiger partial charge is 0.342 e. The Hall–Kier alpha value is -2.06. The maximum absolute atomic E-state index is 13.3. The van der Waals surface area contributed by atoms with E-state index in [9.17, 15) is 14.4 Å². The van der Waals surface area contributed by atoms with E-state index in [0.29, 0.717) is 24.4 Å². The number of likely N-dealkylation sites (N-methyl/N-ethyl adjacent to an activating group) is 1. The number of amides is 3. The molecule has 2 fully saturated rings. The van der Waals surface area contributed by atoms with Crippen molar-refractivity contribution in [2.75, 3.05) is 39.0 Å². The molecule has 0 radical (unpaired) electrons. The third-order valence-electron chi connectivity index (χ3n) is 6.59. The molecule has 8 heteroatoms. The lowest BCUT2D eigenvalue weighted by atomic mass is 9.97. The summed E-state index contributed by atoms with van der Waals surface area (Å²) < 4.78 is 0. The second-order valence-corrected chi connectivity index (χ2v) is 9.61. The summed E-state index contributed by atoms with van der Waals surface area (Å²) in [6, 6.07) is 6.46. The van der Waals surface area contributed by atoms with Crippen LogP contribution in [0.2, 0.25) is 0 Å². The highest BCUT2D eigenvalue weighted by molar-refractivity contribution is 7.99. The lowest BCUT2D eigenvalue weighted by molar-refractivity contribution is -0.140. The molecule has 30 heavy (non-hydrogen) atoms. The number of thioether (sulfide) groups is 1. The Morgan fingerprint density at radius 3 is 2.60 bits per heavy atom. The van der Waals surface area contributed by atoms with Gasteiger partial charge < -0.3 is 20.0 Å². The molecule has 1 N–H and O–H groups in total. The number of benzene rings is 1. The summed E-state index contributed by atoms with van der Waals surface area (Å²) in [6.45, 7) is 7.08. The van der Waals surface area contributed by atoms with Crippen LogP contribution in [-0.4, -0.2) is 83.5 Å². The Morgan fingerprint density at radius 2 is 1.90 bits per heavy atom. The first kappa shape index (κ1) is 21.2. The normalized spacial score (nSPS) is 25.6. The van der Waals surface area contributed by atoms with Crippen LogP contribution < -0.4 is 5.32 Å². The zero-order valence-electron chi connectivity index (χ0n) is 17.8. The molecule has 4 atom stereocenters. The van der Waals surface area contributed by atoms with Crippen LogP contribution in [0.25, 0.3) is 0 Å². The van der Waals surface area contributed by atoms with Gasteiger partial charge in [-0.3, -0.25) is 14.4 Å². The summed E-state index contributed by atoms with van der Waals surface area (Å²) in [4.78, 5) is 45.2. The Bertz CT molecular complexity index is 839. The van der Waals surface area contributed by atoms with Gasteiger partial charge in [0.15, 0.2) is 0 Å². The minimum atomic E-state index is -0.560. The second-order valence-electron chi connectivity index (χ2n) is 8.50. The minimum Gasteiger partial charge on any atom is -0.342 e. The molecule has 0 bridgehead atoms. The van der Waals surface area contributed by atoms with Crippen LogP contribution in [0, 0.1) is 5.92 Å². The number of piperazine rings is 1. The zero-order valence-corrected chi connectivity index (χ0v) is 18.7. The number of hydrogen-bond acceptors (Lipinski definition) is 5. The van der Waals surface area contributed by atoms with Gasteiger partial charge in [0, 0.05) is 37.5 Å². The fourth-order valence-corrected chi connectivity index (χ4v) is 5.86. The van der Waals surface area contributed by atoms with Gasteiger partial charge in [-0.15, -0.1) is 11.8 Å². The number of rotatable bonds is 5. The Labute approximate surface area is 182 Å². The van der Waals surface area contributed by atoms with Gasteiger partial charge in [0.05, 0.1) is 0 Å². The smallest absolute Gasteiger partial charge is 0.256 e. The SMILES string of the molecule is CCC(C)[C@H](NC(=O)[C@@H]1CSC2c3ccccc3C(=O)N21)C(=O)N1CCN(C)CC1. The molecule has 3 heterocycles. The molecule has 0 spiro atoms. The topological polar surface area (TPSA) is 73.0 Å².